The largest absolute Gasteiger partial charge is 0.494 e. The number of aromatic nitrogens is 1. The van der Waals surface area contributed by atoms with Crippen LogP contribution in [-0.4, -0.2) is 71.9 Å². The van der Waals surface area contributed by atoms with Crippen LogP contribution < -0.4 is 15.2 Å². The maximum absolute atomic E-state index is 13.1. The van der Waals surface area contributed by atoms with E-state index >= 15 is 0 Å². The summed E-state index contributed by atoms with van der Waals surface area (Å²) in [6, 6.07) is 14.8. The molecule has 0 aliphatic carbocycles. The number of anilines is 1. The number of nitrogens with zero attached hydrogens (tertiary/aromatic N) is 4. The highest BCUT2D eigenvalue weighted by Crippen LogP contribution is 2.33. The Balaban J connectivity index is 1.27. The Kier molecular flexibility index (Phi) is 12.2. The number of hydrogen-bond acceptors (Lipinski definition) is 6. The van der Waals surface area contributed by atoms with E-state index in [1.54, 1.807) is 11.0 Å². The van der Waals surface area contributed by atoms with E-state index in [1.165, 1.54) is 10.6 Å². The normalized spacial score (nSPS) is 14.8. The van der Waals surface area contributed by atoms with Gasteiger partial charge in [-0.1, -0.05) is 43.1 Å². The van der Waals surface area contributed by atoms with Gasteiger partial charge in [-0.2, -0.15) is 0 Å². The van der Waals surface area contributed by atoms with Gasteiger partial charge < -0.3 is 19.3 Å². The zero-order valence-electron chi connectivity index (χ0n) is 26.6. The van der Waals surface area contributed by atoms with Gasteiger partial charge in [0, 0.05) is 50.4 Å². The summed E-state index contributed by atoms with van der Waals surface area (Å²) in [5.74, 6) is 1.14. The van der Waals surface area contributed by atoms with Crippen LogP contribution in [0.4, 0.5) is 10.5 Å². The van der Waals surface area contributed by atoms with Gasteiger partial charge in [0.15, 0.2) is 6.73 Å². The Hall–Kier alpha value is -2.94. The van der Waals surface area contributed by atoms with Gasteiger partial charge in [0.05, 0.1) is 27.9 Å². The Morgan fingerprint density at radius 1 is 0.955 bits per heavy atom. The first-order chi connectivity index (χ1) is 21.0. The summed E-state index contributed by atoms with van der Waals surface area (Å²) in [4.78, 5) is 32.4. The molecule has 1 aliphatic rings. The number of hydrogen-bond donors (Lipinski definition) is 0. The number of benzene rings is 2. The van der Waals surface area contributed by atoms with Gasteiger partial charge in [0.25, 0.3) is 5.56 Å². The fourth-order valence-electron chi connectivity index (χ4n) is 5.96. The minimum Gasteiger partial charge on any atom is -0.494 e. The average Bonchev–Trinajstić information content (AvgIpc) is 2.97. The number of unbranched alkanes of at least 4 members (excludes halogenated alkanes) is 1. The molecular formula is C34H46Cl2N4O4. The number of ether oxygens (including phenoxy) is 2. The Morgan fingerprint density at radius 2 is 1.68 bits per heavy atom. The molecule has 1 unspecified atom stereocenters. The molecule has 1 fully saturated rings. The summed E-state index contributed by atoms with van der Waals surface area (Å²) < 4.78 is 13.2. The average molecular weight is 646 g/mol. The van der Waals surface area contributed by atoms with Crippen molar-refractivity contribution >= 4 is 45.9 Å². The van der Waals surface area contributed by atoms with Gasteiger partial charge in [0.2, 0.25) is 0 Å². The zero-order valence-corrected chi connectivity index (χ0v) is 28.1. The lowest BCUT2D eigenvalue weighted by Gasteiger charge is -2.36. The van der Waals surface area contributed by atoms with Crippen LogP contribution in [0.15, 0.2) is 53.3 Å². The van der Waals surface area contributed by atoms with Crippen molar-refractivity contribution in [3.8, 4) is 5.75 Å². The summed E-state index contributed by atoms with van der Waals surface area (Å²) in [6.07, 6.45) is 2.39. The van der Waals surface area contributed by atoms with E-state index in [-0.39, 0.29) is 24.4 Å². The highest BCUT2D eigenvalue weighted by molar-refractivity contribution is 6.43. The number of carbonyl (C=O) groups is 1. The van der Waals surface area contributed by atoms with Gasteiger partial charge >= 0.3 is 6.09 Å². The fourth-order valence-corrected chi connectivity index (χ4v) is 6.37. The Bertz CT molecular complexity index is 1450. The molecule has 1 atom stereocenters. The molecule has 0 N–H and O–H groups in total. The van der Waals surface area contributed by atoms with Crippen LogP contribution in [0.25, 0.3) is 10.9 Å². The smallest absolute Gasteiger partial charge is 0.411 e. The molecule has 1 aromatic heterocycles. The second-order valence-electron chi connectivity index (χ2n) is 12.3. The number of pyridine rings is 1. The summed E-state index contributed by atoms with van der Waals surface area (Å²) in [5, 5.41) is 2.08. The summed E-state index contributed by atoms with van der Waals surface area (Å²) in [5.41, 5.74) is 1.44. The van der Waals surface area contributed by atoms with Crippen LogP contribution in [0.1, 0.15) is 53.9 Å². The molecule has 0 bridgehead atoms. The molecule has 1 saturated heterocycles. The molecule has 240 valence electrons. The standard InChI is InChI=1S/C34H46Cl2N4O4/c1-24(2)21-26(5)40(25(3)4)34(42)44-23-39-31-22-28(13-11-27(31)12-14-32(39)41)43-20-7-6-15-37-16-18-38(19-17-37)30-10-8-9-29(35)33(30)36/h8-14,22,24-26H,6-7,15-21,23H2,1-5H3. The lowest BCUT2D eigenvalue weighted by Crippen LogP contribution is -2.46. The van der Waals surface area contributed by atoms with Crippen molar-refractivity contribution in [1.82, 2.24) is 14.4 Å². The number of carbonyl (C=O) groups excluding carboxylic acids is 1. The third-order valence-corrected chi connectivity index (χ3v) is 8.93. The van der Waals surface area contributed by atoms with Crippen LogP contribution in [0.2, 0.25) is 10.0 Å². The van der Waals surface area contributed by atoms with E-state index in [2.05, 4.69) is 23.6 Å². The molecule has 44 heavy (non-hydrogen) atoms. The third-order valence-electron chi connectivity index (χ3n) is 8.12. The highest BCUT2D eigenvalue weighted by Gasteiger charge is 2.25. The minimum absolute atomic E-state index is 0.0156. The van der Waals surface area contributed by atoms with Crippen LogP contribution in [0, 0.1) is 5.92 Å². The van der Waals surface area contributed by atoms with Crippen molar-refractivity contribution in [3.63, 3.8) is 0 Å². The van der Waals surface area contributed by atoms with Crippen molar-refractivity contribution in [3.05, 3.63) is 68.9 Å². The molecule has 2 aromatic carbocycles. The Labute approximate surface area is 271 Å². The zero-order chi connectivity index (χ0) is 31.8. The van der Waals surface area contributed by atoms with Crippen molar-refractivity contribution < 1.29 is 14.3 Å². The van der Waals surface area contributed by atoms with Gasteiger partial charge in [-0.05, 0) is 88.2 Å². The van der Waals surface area contributed by atoms with Crippen molar-refractivity contribution in [2.24, 2.45) is 5.92 Å². The first kappa shape index (κ1) is 33.9. The second-order valence-corrected chi connectivity index (χ2v) is 13.1. The quantitative estimate of drug-likeness (QED) is 0.179. The van der Waals surface area contributed by atoms with Crippen LogP contribution in [-0.2, 0) is 11.5 Å². The maximum atomic E-state index is 13.1. The first-order valence-electron chi connectivity index (χ1n) is 15.7. The molecule has 0 radical (unpaired) electrons. The SMILES string of the molecule is CC(C)CC(C)N(C(=O)OCn1c(=O)ccc2ccc(OCCCCN3CCN(c4cccc(Cl)c4Cl)CC3)cc21)C(C)C. The molecule has 0 saturated carbocycles. The molecule has 0 spiro atoms. The number of fused-ring (bicyclic) bond motifs is 1. The van der Waals surface area contributed by atoms with E-state index in [9.17, 15) is 9.59 Å². The van der Waals surface area contributed by atoms with Crippen LogP contribution in [0.3, 0.4) is 0 Å². The number of piperazine rings is 1. The lowest BCUT2D eigenvalue weighted by atomic mass is 10.0. The lowest BCUT2D eigenvalue weighted by molar-refractivity contribution is 0.0506. The van der Waals surface area contributed by atoms with Crippen LogP contribution >= 0.6 is 23.2 Å². The van der Waals surface area contributed by atoms with E-state index in [4.69, 9.17) is 32.7 Å². The van der Waals surface area contributed by atoms with Gasteiger partial charge in [-0.25, -0.2) is 4.79 Å². The molecule has 10 heteroatoms. The third kappa shape index (κ3) is 8.83. The predicted molar refractivity (Wildman–Crippen MR) is 180 cm³/mol. The van der Waals surface area contributed by atoms with Crippen molar-refractivity contribution in [2.75, 3.05) is 44.2 Å². The number of halogens is 2. The van der Waals surface area contributed by atoms with Gasteiger partial charge in [0.1, 0.15) is 5.75 Å². The molecular weight excluding hydrogens is 599 g/mol. The van der Waals surface area contributed by atoms with Crippen molar-refractivity contribution in [1.29, 1.82) is 0 Å². The summed E-state index contributed by atoms with van der Waals surface area (Å²) in [7, 11) is 0. The minimum atomic E-state index is -0.417. The maximum Gasteiger partial charge on any atom is 0.411 e. The molecule has 1 amide bonds. The number of rotatable bonds is 13. The second kappa shape index (κ2) is 15.9. The molecule has 1 aliphatic heterocycles. The molecule has 2 heterocycles. The first-order valence-corrected chi connectivity index (χ1v) is 16.4. The summed E-state index contributed by atoms with van der Waals surface area (Å²) in [6.45, 7) is 15.5. The summed E-state index contributed by atoms with van der Waals surface area (Å²) >= 11 is 12.6. The molecule has 3 aromatic rings. The molecule has 8 nitrogen and oxygen atoms in total. The fraction of sp³-hybridized carbons (Fsp3) is 0.529. The van der Waals surface area contributed by atoms with E-state index < -0.39 is 6.09 Å². The van der Waals surface area contributed by atoms with Gasteiger partial charge in [-0.15, -0.1) is 0 Å². The van der Waals surface area contributed by atoms with Crippen LogP contribution in [0.5, 0.6) is 5.75 Å². The topological polar surface area (TPSA) is 67.2 Å². The van der Waals surface area contributed by atoms with Gasteiger partial charge in [-0.3, -0.25) is 14.3 Å². The highest BCUT2D eigenvalue weighted by atomic mass is 35.5. The van der Waals surface area contributed by atoms with E-state index in [1.807, 2.05) is 57.2 Å². The van der Waals surface area contributed by atoms with E-state index in [0.717, 1.165) is 63.1 Å². The predicted octanol–water partition coefficient (Wildman–Crippen LogP) is 7.53. The Morgan fingerprint density at radius 3 is 2.39 bits per heavy atom. The number of amides is 1. The van der Waals surface area contributed by atoms with Crippen molar-refractivity contribution in [2.45, 2.75) is 72.7 Å². The molecule has 4 rings (SSSR count). The van der Waals surface area contributed by atoms with E-state index in [0.29, 0.717) is 33.8 Å². The monoisotopic (exact) mass is 644 g/mol.